The molecule has 0 saturated carbocycles. The van der Waals surface area contributed by atoms with Crippen LogP contribution < -0.4 is 16.4 Å². The van der Waals surface area contributed by atoms with Crippen molar-refractivity contribution in [3.05, 3.63) is 68.8 Å². The number of carbonyl (C=O) groups is 2. The van der Waals surface area contributed by atoms with Crippen molar-refractivity contribution in [3.63, 3.8) is 0 Å². The van der Waals surface area contributed by atoms with Gasteiger partial charge in [0.15, 0.2) is 0 Å². The molecule has 0 radical (unpaired) electrons. The van der Waals surface area contributed by atoms with Gasteiger partial charge in [0.1, 0.15) is 0 Å². The Morgan fingerprint density at radius 2 is 1.32 bits per heavy atom. The zero-order valence-corrected chi connectivity index (χ0v) is 14.0. The fraction of sp³-hybridized carbons (Fsp3) is 0.300. The van der Waals surface area contributed by atoms with Crippen molar-refractivity contribution in [2.45, 2.75) is 40.8 Å². The lowest BCUT2D eigenvalue weighted by atomic mass is 10.0. The molecule has 8 nitrogen and oxygen atoms in total. The van der Waals surface area contributed by atoms with Gasteiger partial charge in [0.2, 0.25) is 11.8 Å². The molecule has 0 spiro atoms. The number of fused-ring (bicyclic) bond motifs is 2. The number of non-ortho nitro benzene ring substituents is 1. The van der Waals surface area contributed by atoms with Crippen molar-refractivity contribution in [3.8, 4) is 0 Å². The number of benzene rings is 2. The molecule has 0 aromatic heterocycles. The third-order valence-electron chi connectivity index (χ3n) is 4.29. The standard InChI is InChI=1S/C9H8N2O3.C9H10N2O.2CH4/c12-9-4-6-1-2-8(11(13)14)3-7(6)5-10-9;10-8-2-1-6-4-9(12)11-5-7(6)3-8;;/h1-3H,4-5H2,(H,10,12);1-3H,4-5,10H2,(H,11,12);2*1H4. The van der Waals surface area contributed by atoms with Gasteiger partial charge in [-0.05, 0) is 34.4 Å². The van der Waals surface area contributed by atoms with Crippen LogP contribution in [-0.2, 0) is 35.5 Å². The fourth-order valence-corrected chi connectivity index (χ4v) is 2.90. The first-order valence-electron chi connectivity index (χ1n) is 8.09. The van der Waals surface area contributed by atoms with Crippen LogP contribution in [0.1, 0.15) is 37.1 Å². The number of anilines is 1. The second-order valence-corrected chi connectivity index (χ2v) is 6.15. The summed E-state index contributed by atoms with van der Waals surface area (Å²) in [6.07, 6.45) is 0.795. The molecule has 4 N–H and O–H groups in total. The minimum atomic E-state index is -0.434. The van der Waals surface area contributed by atoms with Crippen LogP contribution >= 0.6 is 0 Å². The minimum Gasteiger partial charge on any atom is -0.399 e. The number of amides is 2. The number of nitrogens with two attached hydrogens (primary N) is 1. The van der Waals surface area contributed by atoms with E-state index in [-0.39, 0.29) is 32.4 Å². The number of nitrogens with one attached hydrogen (secondary N) is 2. The number of nitro groups is 1. The molecule has 4 rings (SSSR count). The summed E-state index contributed by atoms with van der Waals surface area (Å²) in [4.78, 5) is 32.0. The molecule has 150 valence electrons. The Morgan fingerprint density at radius 3 is 1.86 bits per heavy atom. The van der Waals surface area contributed by atoms with E-state index in [1.165, 1.54) is 12.1 Å². The maximum atomic E-state index is 11.0. The average molecular weight is 386 g/mol. The Hall–Kier alpha value is -3.42. The summed E-state index contributed by atoms with van der Waals surface area (Å²) in [5.74, 6) is 0.0543. The molecule has 2 heterocycles. The second-order valence-electron chi connectivity index (χ2n) is 6.15. The van der Waals surface area contributed by atoms with Gasteiger partial charge < -0.3 is 16.4 Å². The Kier molecular flexibility index (Phi) is 7.67. The Morgan fingerprint density at radius 1 is 0.821 bits per heavy atom. The number of carbonyl (C=O) groups excluding carboxylic acids is 2. The van der Waals surface area contributed by atoms with Crippen LogP contribution in [0.25, 0.3) is 0 Å². The first-order chi connectivity index (χ1) is 12.4. The molecule has 0 fully saturated rings. The largest absolute Gasteiger partial charge is 0.399 e. The molecule has 0 unspecified atom stereocenters. The predicted octanol–water partition coefficient (Wildman–Crippen LogP) is 2.48. The first-order valence-corrected chi connectivity index (χ1v) is 8.09. The van der Waals surface area contributed by atoms with E-state index >= 15 is 0 Å². The molecule has 2 aromatic carbocycles. The SMILES string of the molecule is C.C.Nc1ccc2c(c1)CNC(=O)C2.O=C1Cc2ccc([N+](=O)[O-])cc2CN1. The van der Waals surface area contributed by atoms with Gasteiger partial charge in [0, 0.05) is 30.9 Å². The van der Waals surface area contributed by atoms with E-state index in [0.29, 0.717) is 25.9 Å². The quantitative estimate of drug-likeness (QED) is 0.394. The third kappa shape index (κ3) is 5.29. The van der Waals surface area contributed by atoms with Gasteiger partial charge in [-0.25, -0.2) is 0 Å². The number of hydrogen-bond acceptors (Lipinski definition) is 5. The van der Waals surface area contributed by atoms with E-state index < -0.39 is 4.92 Å². The van der Waals surface area contributed by atoms with E-state index in [1.807, 2.05) is 18.2 Å². The van der Waals surface area contributed by atoms with Gasteiger partial charge in [-0.3, -0.25) is 19.7 Å². The summed E-state index contributed by atoms with van der Waals surface area (Å²) in [5.41, 5.74) is 10.4. The number of hydrogen-bond donors (Lipinski definition) is 3. The number of nitrogen functional groups attached to an aromatic ring is 1. The molecule has 0 saturated heterocycles. The zero-order valence-electron chi connectivity index (χ0n) is 14.0. The molecule has 2 aromatic rings. The van der Waals surface area contributed by atoms with E-state index in [2.05, 4.69) is 10.6 Å². The highest BCUT2D eigenvalue weighted by molar-refractivity contribution is 5.81. The van der Waals surface area contributed by atoms with E-state index in [1.54, 1.807) is 6.07 Å². The van der Waals surface area contributed by atoms with Crippen LogP contribution in [0.4, 0.5) is 11.4 Å². The summed E-state index contributed by atoms with van der Waals surface area (Å²) in [6, 6.07) is 10.2. The van der Waals surface area contributed by atoms with Crippen LogP contribution in [0.2, 0.25) is 0 Å². The highest BCUT2D eigenvalue weighted by atomic mass is 16.6. The van der Waals surface area contributed by atoms with Gasteiger partial charge in [0.05, 0.1) is 17.8 Å². The maximum Gasteiger partial charge on any atom is 0.269 e. The Balaban J connectivity index is 0.000000264. The van der Waals surface area contributed by atoms with Crippen LogP contribution in [0.5, 0.6) is 0 Å². The highest BCUT2D eigenvalue weighted by Crippen LogP contribution is 2.20. The molecule has 0 aliphatic carbocycles. The number of rotatable bonds is 1. The van der Waals surface area contributed by atoms with Crippen LogP contribution in [0, 0.1) is 10.1 Å². The topological polar surface area (TPSA) is 127 Å². The fourth-order valence-electron chi connectivity index (χ4n) is 2.90. The van der Waals surface area contributed by atoms with Crippen LogP contribution in [0.3, 0.4) is 0 Å². The molecule has 2 aliphatic heterocycles. The molecule has 8 heteroatoms. The van der Waals surface area contributed by atoms with E-state index in [0.717, 1.165) is 27.9 Å². The van der Waals surface area contributed by atoms with Crippen LogP contribution in [0.15, 0.2) is 36.4 Å². The number of nitro benzene ring substituents is 1. The molecule has 2 aliphatic rings. The lowest BCUT2D eigenvalue weighted by molar-refractivity contribution is -0.384. The zero-order chi connectivity index (χ0) is 18.7. The van der Waals surface area contributed by atoms with Gasteiger partial charge in [0.25, 0.3) is 5.69 Å². The van der Waals surface area contributed by atoms with Crippen molar-refractivity contribution in [1.29, 1.82) is 0 Å². The minimum absolute atomic E-state index is 0. The molecular formula is C20H26N4O4. The maximum absolute atomic E-state index is 11.0. The predicted molar refractivity (Wildman–Crippen MR) is 109 cm³/mol. The summed E-state index contributed by atoms with van der Waals surface area (Å²) < 4.78 is 0. The lowest BCUT2D eigenvalue weighted by Crippen LogP contribution is -2.30. The van der Waals surface area contributed by atoms with Gasteiger partial charge in [-0.1, -0.05) is 27.0 Å². The van der Waals surface area contributed by atoms with Gasteiger partial charge >= 0.3 is 0 Å². The first kappa shape index (κ1) is 22.6. The second kappa shape index (κ2) is 9.50. The summed E-state index contributed by atoms with van der Waals surface area (Å²) in [7, 11) is 0. The van der Waals surface area contributed by atoms with E-state index in [9.17, 15) is 19.7 Å². The van der Waals surface area contributed by atoms with Crippen molar-refractivity contribution < 1.29 is 14.5 Å². The molecule has 28 heavy (non-hydrogen) atoms. The normalized spacial score (nSPS) is 13.7. The van der Waals surface area contributed by atoms with Crippen molar-refractivity contribution in [1.82, 2.24) is 10.6 Å². The lowest BCUT2D eigenvalue weighted by Gasteiger charge is -2.16. The van der Waals surface area contributed by atoms with E-state index in [4.69, 9.17) is 5.73 Å². The molecule has 2 amide bonds. The summed E-state index contributed by atoms with van der Waals surface area (Å²) >= 11 is 0. The number of nitrogens with zero attached hydrogens (tertiary/aromatic N) is 1. The summed E-state index contributed by atoms with van der Waals surface area (Å²) in [5, 5.41) is 15.9. The highest BCUT2D eigenvalue weighted by Gasteiger charge is 2.17. The van der Waals surface area contributed by atoms with Crippen molar-refractivity contribution in [2.75, 3.05) is 5.73 Å². The van der Waals surface area contributed by atoms with Gasteiger partial charge in [-0.2, -0.15) is 0 Å². The van der Waals surface area contributed by atoms with Crippen molar-refractivity contribution >= 4 is 23.2 Å². The van der Waals surface area contributed by atoms with Crippen LogP contribution in [-0.4, -0.2) is 16.7 Å². The average Bonchev–Trinajstić information content (AvgIpc) is 2.62. The smallest absolute Gasteiger partial charge is 0.269 e. The van der Waals surface area contributed by atoms with Crippen molar-refractivity contribution in [2.24, 2.45) is 0 Å². The Labute approximate surface area is 164 Å². The monoisotopic (exact) mass is 386 g/mol. The molecular weight excluding hydrogens is 360 g/mol. The summed E-state index contributed by atoms with van der Waals surface area (Å²) in [6.45, 7) is 0.995. The molecule has 0 atom stereocenters. The third-order valence-corrected chi connectivity index (χ3v) is 4.29. The van der Waals surface area contributed by atoms with Gasteiger partial charge in [-0.15, -0.1) is 0 Å². The molecule has 0 bridgehead atoms. The Bertz CT molecular complexity index is 896.